The Bertz CT molecular complexity index is 146. The van der Waals surface area contributed by atoms with Crippen LogP contribution >= 0.6 is 0 Å². The van der Waals surface area contributed by atoms with Gasteiger partial charge in [-0.2, -0.15) is 0 Å². The zero-order valence-electron chi connectivity index (χ0n) is 5.54. The van der Waals surface area contributed by atoms with Crippen molar-refractivity contribution in [3.63, 3.8) is 0 Å². The third-order valence-corrected chi connectivity index (χ3v) is 1.43. The Morgan fingerprint density at radius 2 is 2.67 bits per heavy atom. The lowest BCUT2D eigenvalue weighted by Gasteiger charge is -2.12. The molecule has 1 atom stereocenters. The fourth-order valence-corrected chi connectivity index (χ4v) is 0.839. The van der Waals surface area contributed by atoms with Crippen molar-refractivity contribution >= 4 is 11.9 Å². The summed E-state index contributed by atoms with van der Waals surface area (Å²) in [5, 5.41) is 0. The Labute approximate surface area is 54.7 Å². The number of nitrogens with two attached hydrogens (primary N) is 1. The molecule has 0 spiro atoms. The van der Waals surface area contributed by atoms with Gasteiger partial charge in [-0.3, -0.25) is 9.98 Å². The predicted molar refractivity (Wildman–Crippen MR) is 39.3 cm³/mol. The van der Waals surface area contributed by atoms with Crippen LogP contribution in [0.25, 0.3) is 0 Å². The van der Waals surface area contributed by atoms with Crippen molar-refractivity contribution in [2.45, 2.75) is 12.5 Å². The smallest absolute Gasteiger partial charge is 0.0690 e. The molecule has 0 aromatic rings. The highest BCUT2D eigenvalue weighted by molar-refractivity contribution is 6.33. The molecule has 1 unspecified atom stereocenters. The minimum absolute atomic E-state index is 0.118. The fraction of sp³-hybridized carbons (Fsp3) is 0.667. The molecule has 0 aromatic heterocycles. The van der Waals surface area contributed by atoms with Crippen molar-refractivity contribution in [1.82, 2.24) is 0 Å². The maximum Gasteiger partial charge on any atom is 0.0690 e. The zero-order valence-corrected chi connectivity index (χ0v) is 5.54. The summed E-state index contributed by atoms with van der Waals surface area (Å²) in [6.07, 6.45) is 2.69. The molecule has 3 heteroatoms. The third kappa shape index (κ3) is 1.36. The molecule has 0 radical (unpaired) electrons. The Morgan fingerprint density at radius 1 is 1.89 bits per heavy atom. The van der Waals surface area contributed by atoms with Gasteiger partial charge in [0.25, 0.3) is 0 Å². The number of hydrogen-bond acceptors (Lipinski definition) is 3. The largest absolute Gasteiger partial charge is 0.323 e. The Morgan fingerprint density at radius 3 is 3.11 bits per heavy atom. The normalized spacial score (nSPS) is 31.3. The van der Waals surface area contributed by atoms with Crippen LogP contribution in [0.1, 0.15) is 6.42 Å². The van der Waals surface area contributed by atoms with Gasteiger partial charge in [-0.05, 0) is 6.42 Å². The lowest BCUT2D eigenvalue weighted by atomic mass is 10.1. The van der Waals surface area contributed by atoms with Crippen LogP contribution in [0.4, 0.5) is 0 Å². The molecule has 50 valence electrons. The van der Waals surface area contributed by atoms with Gasteiger partial charge in [0.2, 0.25) is 0 Å². The van der Waals surface area contributed by atoms with Gasteiger partial charge in [-0.25, -0.2) is 0 Å². The van der Waals surface area contributed by atoms with E-state index in [-0.39, 0.29) is 6.04 Å². The standard InChI is InChI=1S/C6H11N3/c1-8-6-4-9-3-2-5(6)7/h4-5H,2-3,7H2,1H3. The highest BCUT2D eigenvalue weighted by atomic mass is 14.8. The molecule has 1 aliphatic heterocycles. The SMILES string of the molecule is CN=C1C=NCCC1N. The maximum absolute atomic E-state index is 5.67. The minimum atomic E-state index is 0.118. The van der Waals surface area contributed by atoms with E-state index in [1.54, 1.807) is 13.3 Å². The highest BCUT2D eigenvalue weighted by Crippen LogP contribution is 1.96. The van der Waals surface area contributed by atoms with Gasteiger partial charge in [-0.15, -0.1) is 0 Å². The zero-order chi connectivity index (χ0) is 6.69. The third-order valence-electron chi connectivity index (χ3n) is 1.43. The first-order valence-electron chi connectivity index (χ1n) is 3.06. The van der Waals surface area contributed by atoms with Crippen LogP contribution in [0.3, 0.4) is 0 Å². The first-order chi connectivity index (χ1) is 4.34. The van der Waals surface area contributed by atoms with Gasteiger partial charge in [0.1, 0.15) is 0 Å². The Kier molecular flexibility index (Phi) is 1.95. The molecule has 0 bridgehead atoms. The molecule has 3 nitrogen and oxygen atoms in total. The van der Waals surface area contributed by atoms with Gasteiger partial charge >= 0.3 is 0 Å². The fourth-order valence-electron chi connectivity index (χ4n) is 0.839. The van der Waals surface area contributed by atoms with Crippen LogP contribution in [0, 0.1) is 0 Å². The average Bonchev–Trinajstić information content (AvgIpc) is 1.89. The molecule has 1 aliphatic rings. The summed E-state index contributed by atoms with van der Waals surface area (Å²) in [5.41, 5.74) is 6.59. The first-order valence-corrected chi connectivity index (χ1v) is 3.06. The van der Waals surface area contributed by atoms with E-state index in [4.69, 9.17) is 5.73 Å². The van der Waals surface area contributed by atoms with Gasteiger partial charge in [0, 0.05) is 25.8 Å². The van der Waals surface area contributed by atoms with Crippen LogP contribution in [0.5, 0.6) is 0 Å². The molecule has 0 aliphatic carbocycles. The van der Waals surface area contributed by atoms with E-state index in [0.717, 1.165) is 18.7 Å². The molecular formula is C6H11N3. The van der Waals surface area contributed by atoms with Crippen molar-refractivity contribution in [2.24, 2.45) is 15.7 Å². The molecule has 0 fully saturated rings. The number of nitrogens with zero attached hydrogens (tertiary/aromatic N) is 2. The van der Waals surface area contributed by atoms with Crippen LogP contribution in [-0.2, 0) is 0 Å². The van der Waals surface area contributed by atoms with Gasteiger partial charge in [-0.1, -0.05) is 0 Å². The number of hydrogen-bond donors (Lipinski definition) is 1. The lowest BCUT2D eigenvalue weighted by Crippen LogP contribution is -2.34. The molecule has 1 heterocycles. The maximum atomic E-state index is 5.67. The van der Waals surface area contributed by atoms with E-state index in [1.165, 1.54) is 0 Å². The topological polar surface area (TPSA) is 50.7 Å². The van der Waals surface area contributed by atoms with Crippen LogP contribution in [0.15, 0.2) is 9.98 Å². The predicted octanol–water partition coefficient (Wildman–Crippen LogP) is -0.141. The van der Waals surface area contributed by atoms with Gasteiger partial charge in [0.15, 0.2) is 0 Å². The van der Waals surface area contributed by atoms with E-state index in [2.05, 4.69) is 9.98 Å². The van der Waals surface area contributed by atoms with E-state index < -0.39 is 0 Å². The van der Waals surface area contributed by atoms with E-state index in [0.29, 0.717) is 0 Å². The quantitative estimate of drug-likeness (QED) is 0.481. The van der Waals surface area contributed by atoms with E-state index in [1.807, 2.05) is 0 Å². The van der Waals surface area contributed by atoms with Crippen molar-refractivity contribution in [3.05, 3.63) is 0 Å². The van der Waals surface area contributed by atoms with Crippen molar-refractivity contribution in [3.8, 4) is 0 Å². The molecule has 2 N–H and O–H groups in total. The van der Waals surface area contributed by atoms with Crippen LogP contribution in [0.2, 0.25) is 0 Å². The molecule has 0 amide bonds. The molecule has 0 saturated carbocycles. The molecular weight excluding hydrogens is 114 g/mol. The molecule has 9 heavy (non-hydrogen) atoms. The second-order valence-corrected chi connectivity index (χ2v) is 2.08. The van der Waals surface area contributed by atoms with Crippen molar-refractivity contribution < 1.29 is 0 Å². The summed E-state index contributed by atoms with van der Waals surface area (Å²) in [6.45, 7) is 0.847. The summed E-state index contributed by atoms with van der Waals surface area (Å²) in [4.78, 5) is 8.01. The average molecular weight is 125 g/mol. The van der Waals surface area contributed by atoms with E-state index in [9.17, 15) is 0 Å². The summed E-state index contributed by atoms with van der Waals surface area (Å²) >= 11 is 0. The second-order valence-electron chi connectivity index (χ2n) is 2.08. The molecule has 0 saturated heterocycles. The number of rotatable bonds is 0. The summed E-state index contributed by atoms with van der Waals surface area (Å²) in [5.74, 6) is 0. The molecule has 1 rings (SSSR count). The summed E-state index contributed by atoms with van der Waals surface area (Å²) in [6, 6.07) is 0.118. The van der Waals surface area contributed by atoms with Crippen LogP contribution < -0.4 is 5.73 Å². The summed E-state index contributed by atoms with van der Waals surface area (Å²) in [7, 11) is 1.74. The number of aliphatic imine (C=N–C) groups is 2. The lowest BCUT2D eigenvalue weighted by molar-refractivity contribution is 0.755. The Balaban J connectivity index is 2.68. The van der Waals surface area contributed by atoms with Crippen LogP contribution in [-0.4, -0.2) is 31.6 Å². The Hall–Kier alpha value is -0.700. The minimum Gasteiger partial charge on any atom is -0.323 e. The second kappa shape index (κ2) is 2.73. The first kappa shape index (κ1) is 6.42. The van der Waals surface area contributed by atoms with Gasteiger partial charge in [0.05, 0.1) is 5.71 Å². The summed E-state index contributed by atoms with van der Waals surface area (Å²) < 4.78 is 0. The van der Waals surface area contributed by atoms with Crippen molar-refractivity contribution in [2.75, 3.05) is 13.6 Å². The van der Waals surface area contributed by atoms with Gasteiger partial charge < -0.3 is 5.73 Å². The highest BCUT2D eigenvalue weighted by Gasteiger charge is 2.10. The van der Waals surface area contributed by atoms with Crippen molar-refractivity contribution in [1.29, 1.82) is 0 Å². The monoisotopic (exact) mass is 125 g/mol. The molecule has 0 aromatic carbocycles. The van der Waals surface area contributed by atoms with E-state index >= 15 is 0 Å².